The van der Waals surface area contributed by atoms with Crippen LogP contribution in [0.5, 0.6) is 0 Å². The molecule has 0 saturated carbocycles. The molecule has 0 aromatic heterocycles. The van der Waals surface area contributed by atoms with Crippen molar-refractivity contribution in [3.8, 4) is 6.07 Å². The SMILES string of the molecule is N#CC(C=CC=Cc1ccccc1)=CC=Cc1ccccc1. The Kier molecular flexibility index (Phi) is 6.21. The summed E-state index contributed by atoms with van der Waals surface area (Å²) in [7, 11) is 0. The van der Waals surface area contributed by atoms with E-state index in [2.05, 4.69) is 6.07 Å². The molecule has 0 radical (unpaired) electrons. The molecular formula is C21H17N. The van der Waals surface area contributed by atoms with Crippen LogP contribution in [0.25, 0.3) is 12.2 Å². The van der Waals surface area contributed by atoms with Crippen LogP contribution < -0.4 is 0 Å². The van der Waals surface area contributed by atoms with Gasteiger partial charge in [0, 0.05) is 0 Å². The Morgan fingerprint density at radius 1 is 0.727 bits per heavy atom. The van der Waals surface area contributed by atoms with Gasteiger partial charge in [-0.3, -0.25) is 0 Å². The lowest BCUT2D eigenvalue weighted by atomic mass is 10.2. The van der Waals surface area contributed by atoms with Gasteiger partial charge in [-0.15, -0.1) is 0 Å². The van der Waals surface area contributed by atoms with E-state index in [0.717, 1.165) is 11.1 Å². The Bertz CT molecular complexity index is 726. The van der Waals surface area contributed by atoms with E-state index in [4.69, 9.17) is 5.26 Å². The van der Waals surface area contributed by atoms with Gasteiger partial charge in [-0.05, 0) is 23.3 Å². The molecule has 0 atom stereocenters. The van der Waals surface area contributed by atoms with E-state index in [1.165, 1.54) is 0 Å². The van der Waals surface area contributed by atoms with Gasteiger partial charge in [-0.1, -0.05) is 91.0 Å². The fourth-order valence-electron chi connectivity index (χ4n) is 1.85. The van der Waals surface area contributed by atoms with Gasteiger partial charge in [0.1, 0.15) is 0 Å². The molecule has 0 spiro atoms. The second-order valence-corrected chi connectivity index (χ2v) is 4.63. The summed E-state index contributed by atoms with van der Waals surface area (Å²) >= 11 is 0. The highest BCUT2D eigenvalue weighted by Crippen LogP contribution is 2.04. The molecule has 22 heavy (non-hydrogen) atoms. The number of nitriles is 1. The highest BCUT2D eigenvalue weighted by atomic mass is 14.2. The van der Waals surface area contributed by atoms with E-state index in [-0.39, 0.29) is 0 Å². The average Bonchev–Trinajstić information content (AvgIpc) is 2.59. The molecule has 0 aliphatic carbocycles. The van der Waals surface area contributed by atoms with Gasteiger partial charge in [0.15, 0.2) is 0 Å². The molecule has 0 aliphatic rings. The van der Waals surface area contributed by atoms with Crippen molar-refractivity contribution in [2.45, 2.75) is 0 Å². The molecule has 2 aromatic carbocycles. The Balaban J connectivity index is 1.96. The summed E-state index contributed by atoms with van der Waals surface area (Å²) in [5.74, 6) is 0. The lowest BCUT2D eigenvalue weighted by molar-refractivity contribution is 1.50. The Hall–Kier alpha value is -3.11. The Morgan fingerprint density at radius 3 is 1.82 bits per heavy atom. The molecule has 1 heteroatoms. The van der Waals surface area contributed by atoms with Crippen LogP contribution >= 0.6 is 0 Å². The van der Waals surface area contributed by atoms with E-state index in [9.17, 15) is 0 Å². The molecule has 1 nitrogen and oxygen atoms in total. The standard InChI is InChI=1S/C21H17N/c22-18-21(17-9-16-20-12-5-2-6-13-20)15-8-7-14-19-10-3-1-4-11-19/h1-17H. The van der Waals surface area contributed by atoms with Gasteiger partial charge in [0.05, 0.1) is 11.6 Å². The minimum Gasteiger partial charge on any atom is -0.192 e. The predicted octanol–water partition coefficient (Wildman–Crippen LogP) is 5.42. The van der Waals surface area contributed by atoms with E-state index < -0.39 is 0 Å². The molecule has 106 valence electrons. The zero-order valence-electron chi connectivity index (χ0n) is 12.3. The van der Waals surface area contributed by atoms with Gasteiger partial charge < -0.3 is 0 Å². The first-order valence-corrected chi connectivity index (χ1v) is 7.12. The van der Waals surface area contributed by atoms with Crippen LogP contribution in [0.3, 0.4) is 0 Å². The summed E-state index contributed by atoms with van der Waals surface area (Å²) in [5, 5.41) is 9.11. The topological polar surface area (TPSA) is 23.8 Å². The van der Waals surface area contributed by atoms with Crippen LogP contribution in [-0.4, -0.2) is 0 Å². The summed E-state index contributed by atoms with van der Waals surface area (Å²) in [6.07, 6.45) is 13.3. The predicted molar refractivity (Wildman–Crippen MR) is 93.8 cm³/mol. The number of allylic oxidation sites excluding steroid dienone is 6. The molecule has 0 amide bonds. The Labute approximate surface area is 131 Å². The smallest absolute Gasteiger partial charge is 0.0991 e. The molecular weight excluding hydrogens is 266 g/mol. The van der Waals surface area contributed by atoms with Crippen molar-refractivity contribution in [1.29, 1.82) is 5.26 Å². The fraction of sp³-hybridized carbons (Fsp3) is 0. The maximum atomic E-state index is 9.11. The van der Waals surface area contributed by atoms with E-state index >= 15 is 0 Å². The summed E-state index contributed by atoms with van der Waals surface area (Å²) in [4.78, 5) is 0. The minimum atomic E-state index is 0.616. The molecule has 0 saturated heterocycles. The number of hydrogen-bond acceptors (Lipinski definition) is 1. The third-order valence-corrected chi connectivity index (χ3v) is 2.97. The average molecular weight is 283 g/mol. The zero-order chi connectivity index (χ0) is 15.5. The maximum absolute atomic E-state index is 9.11. The highest BCUT2D eigenvalue weighted by molar-refractivity contribution is 5.54. The second-order valence-electron chi connectivity index (χ2n) is 4.63. The first-order chi connectivity index (χ1) is 10.9. The van der Waals surface area contributed by atoms with Gasteiger partial charge in [-0.2, -0.15) is 5.26 Å². The van der Waals surface area contributed by atoms with Gasteiger partial charge >= 0.3 is 0 Å². The third-order valence-electron chi connectivity index (χ3n) is 2.97. The quantitative estimate of drug-likeness (QED) is 0.531. The first kappa shape index (κ1) is 15.3. The minimum absolute atomic E-state index is 0.616. The highest BCUT2D eigenvalue weighted by Gasteiger charge is 1.86. The van der Waals surface area contributed by atoms with Crippen molar-refractivity contribution >= 4 is 12.2 Å². The van der Waals surface area contributed by atoms with Gasteiger partial charge in [0.2, 0.25) is 0 Å². The van der Waals surface area contributed by atoms with E-state index in [0.29, 0.717) is 5.57 Å². The van der Waals surface area contributed by atoms with E-state index in [1.807, 2.05) is 91.0 Å². The van der Waals surface area contributed by atoms with Crippen molar-refractivity contribution in [3.63, 3.8) is 0 Å². The summed E-state index contributed by atoms with van der Waals surface area (Å²) in [6, 6.07) is 22.2. The number of benzene rings is 2. The van der Waals surface area contributed by atoms with Crippen LogP contribution in [0.1, 0.15) is 11.1 Å². The Morgan fingerprint density at radius 2 is 1.27 bits per heavy atom. The molecule has 0 unspecified atom stereocenters. The van der Waals surface area contributed by atoms with Crippen molar-refractivity contribution in [2.75, 3.05) is 0 Å². The first-order valence-electron chi connectivity index (χ1n) is 7.12. The third kappa shape index (κ3) is 5.48. The maximum Gasteiger partial charge on any atom is 0.0991 e. The summed E-state index contributed by atoms with van der Waals surface area (Å²) in [6.45, 7) is 0. The van der Waals surface area contributed by atoms with Crippen LogP contribution in [-0.2, 0) is 0 Å². The van der Waals surface area contributed by atoms with Gasteiger partial charge in [-0.25, -0.2) is 0 Å². The number of rotatable bonds is 5. The van der Waals surface area contributed by atoms with Crippen LogP contribution in [0, 0.1) is 11.3 Å². The van der Waals surface area contributed by atoms with E-state index in [1.54, 1.807) is 12.2 Å². The van der Waals surface area contributed by atoms with Crippen molar-refractivity contribution in [1.82, 2.24) is 0 Å². The van der Waals surface area contributed by atoms with Crippen molar-refractivity contribution in [3.05, 3.63) is 108 Å². The van der Waals surface area contributed by atoms with Gasteiger partial charge in [0.25, 0.3) is 0 Å². The van der Waals surface area contributed by atoms with Crippen molar-refractivity contribution in [2.24, 2.45) is 0 Å². The van der Waals surface area contributed by atoms with Crippen LogP contribution in [0.4, 0.5) is 0 Å². The molecule has 2 rings (SSSR count). The normalized spacial score (nSPS) is 12.2. The number of nitrogens with zero attached hydrogens (tertiary/aromatic N) is 1. The molecule has 0 N–H and O–H groups in total. The molecule has 0 heterocycles. The summed E-state index contributed by atoms with van der Waals surface area (Å²) < 4.78 is 0. The molecule has 0 aliphatic heterocycles. The lowest BCUT2D eigenvalue weighted by Crippen LogP contribution is -1.71. The molecule has 0 fully saturated rings. The largest absolute Gasteiger partial charge is 0.192 e. The van der Waals surface area contributed by atoms with Crippen LogP contribution in [0.15, 0.2) is 96.6 Å². The zero-order valence-corrected chi connectivity index (χ0v) is 12.3. The number of hydrogen-bond donors (Lipinski definition) is 0. The fourth-order valence-corrected chi connectivity index (χ4v) is 1.85. The summed E-state index contributed by atoms with van der Waals surface area (Å²) in [5.41, 5.74) is 2.87. The van der Waals surface area contributed by atoms with Crippen LogP contribution in [0.2, 0.25) is 0 Å². The monoisotopic (exact) mass is 283 g/mol. The lowest BCUT2D eigenvalue weighted by Gasteiger charge is -1.90. The molecule has 0 bridgehead atoms. The van der Waals surface area contributed by atoms with Crippen molar-refractivity contribution < 1.29 is 0 Å². The molecule has 2 aromatic rings. The second kappa shape index (κ2) is 8.94.